The van der Waals surface area contributed by atoms with Crippen molar-refractivity contribution in [1.82, 2.24) is 9.80 Å². The van der Waals surface area contributed by atoms with E-state index in [1.165, 1.54) is 24.8 Å². The van der Waals surface area contributed by atoms with Gasteiger partial charge >= 0.3 is 0 Å². The molecule has 2 aromatic rings. The normalized spacial score (nSPS) is 28.6. The standard InChI is InChI=1S/C21H24IN3O/c1-24-13-5-3-6-14(24)9-15(8-13)25-11-12-4-2-7-16-19(12)17(21(25)26)10-18(22)20(16)23/h2,4,7,10,13-15H,3,5-6,8-9,11,23H2,1H3/t13-,14+,15+. The fourth-order valence-electron chi connectivity index (χ4n) is 5.39. The molecule has 5 rings (SSSR count). The summed E-state index contributed by atoms with van der Waals surface area (Å²) in [5.74, 6) is 0.194. The molecule has 0 spiro atoms. The van der Waals surface area contributed by atoms with Gasteiger partial charge in [-0.15, -0.1) is 0 Å². The lowest BCUT2D eigenvalue weighted by Gasteiger charge is -2.50. The highest BCUT2D eigenvalue weighted by Gasteiger charge is 2.41. The summed E-state index contributed by atoms with van der Waals surface area (Å²) in [6.07, 6.45) is 6.09. The van der Waals surface area contributed by atoms with E-state index in [-0.39, 0.29) is 5.91 Å². The first-order valence-corrected chi connectivity index (χ1v) is 10.6. The molecule has 5 heteroatoms. The molecule has 4 nitrogen and oxygen atoms in total. The number of halogens is 1. The highest BCUT2D eigenvalue weighted by molar-refractivity contribution is 14.1. The molecule has 2 bridgehead atoms. The minimum atomic E-state index is 0.194. The Bertz CT molecular complexity index is 898. The number of nitrogen functional groups attached to an aromatic ring is 1. The summed E-state index contributed by atoms with van der Waals surface area (Å²) in [7, 11) is 2.27. The van der Waals surface area contributed by atoms with Crippen LogP contribution in [-0.2, 0) is 6.54 Å². The number of benzene rings is 2. The van der Waals surface area contributed by atoms with Crippen LogP contribution < -0.4 is 5.73 Å². The van der Waals surface area contributed by atoms with Crippen LogP contribution in [0.4, 0.5) is 5.69 Å². The molecule has 0 saturated carbocycles. The van der Waals surface area contributed by atoms with Crippen LogP contribution >= 0.6 is 22.6 Å². The van der Waals surface area contributed by atoms with Gasteiger partial charge in [0.15, 0.2) is 0 Å². The van der Waals surface area contributed by atoms with Gasteiger partial charge in [0.25, 0.3) is 5.91 Å². The first-order chi connectivity index (χ1) is 12.5. The summed E-state index contributed by atoms with van der Waals surface area (Å²) in [5.41, 5.74) is 9.17. The van der Waals surface area contributed by atoms with E-state index < -0.39 is 0 Å². The molecule has 0 aliphatic carbocycles. The van der Waals surface area contributed by atoms with Crippen molar-refractivity contribution in [1.29, 1.82) is 0 Å². The van der Waals surface area contributed by atoms with E-state index in [9.17, 15) is 4.79 Å². The second kappa shape index (κ2) is 6.09. The van der Waals surface area contributed by atoms with Gasteiger partial charge in [-0.3, -0.25) is 4.79 Å². The molecule has 3 aliphatic heterocycles. The average Bonchev–Trinajstić information content (AvgIpc) is 2.61. The van der Waals surface area contributed by atoms with Gasteiger partial charge in [0.2, 0.25) is 0 Å². The number of hydrogen-bond acceptors (Lipinski definition) is 3. The Morgan fingerprint density at radius 1 is 1.15 bits per heavy atom. The largest absolute Gasteiger partial charge is 0.397 e. The summed E-state index contributed by atoms with van der Waals surface area (Å²) in [6, 6.07) is 9.88. The quantitative estimate of drug-likeness (QED) is 0.516. The molecule has 2 aromatic carbocycles. The topological polar surface area (TPSA) is 49.6 Å². The van der Waals surface area contributed by atoms with E-state index in [1.54, 1.807) is 0 Å². The van der Waals surface area contributed by atoms with Crippen LogP contribution in [0.5, 0.6) is 0 Å². The number of carbonyl (C=O) groups is 1. The van der Waals surface area contributed by atoms with Crippen LogP contribution in [0.2, 0.25) is 0 Å². The van der Waals surface area contributed by atoms with E-state index in [2.05, 4.69) is 51.6 Å². The average molecular weight is 461 g/mol. The maximum atomic E-state index is 13.4. The number of rotatable bonds is 1. The second-order valence-corrected chi connectivity index (χ2v) is 9.28. The molecule has 3 atom stereocenters. The molecule has 2 N–H and O–H groups in total. The third-order valence-corrected chi connectivity index (χ3v) is 7.72. The number of piperidine rings is 2. The number of hydrogen-bond donors (Lipinski definition) is 1. The Balaban J connectivity index is 1.56. The first-order valence-electron chi connectivity index (χ1n) is 9.57. The Labute approximate surface area is 167 Å². The number of nitrogens with zero attached hydrogens (tertiary/aromatic N) is 2. The zero-order valence-corrected chi connectivity index (χ0v) is 17.2. The zero-order chi connectivity index (χ0) is 18.0. The van der Waals surface area contributed by atoms with E-state index in [4.69, 9.17) is 5.73 Å². The predicted molar refractivity (Wildman–Crippen MR) is 113 cm³/mol. The van der Waals surface area contributed by atoms with Crippen LogP contribution in [0, 0.1) is 3.57 Å². The van der Waals surface area contributed by atoms with Gasteiger partial charge in [-0.1, -0.05) is 24.6 Å². The molecule has 0 unspecified atom stereocenters. The van der Waals surface area contributed by atoms with Gasteiger partial charge in [0, 0.05) is 44.6 Å². The van der Waals surface area contributed by atoms with Crippen molar-refractivity contribution in [3.8, 4) is 0 Å². The maximum Gasteiger partial charge on any atom is 0.255 e. The fraction of sp³-hybridized carbons (Fsp3) is 0.476. The van der Waals surface area contributed by atoms with Gasteiger partial charge in [-0.05, 0) is 67.0 Å². The molecule has 2 saturated heterocycles. The van der Waals surface area contributed by atoms with Crippen molar-refractivity contribution in [2.45, 2.75) is 56.8 Å². The van der Waals surface area contributed by atoms with Gasteiger partial charge in [-0.25, -0.2) is 0 Å². The van der Waals surface area contributed by atoms with Gasteiger partial charge in [-0.2, -0.15) is 0 Å². The van der Waals surface area contributed by atoms with Crippen molar-refractivity contribution in [2.75, 3.05) is 12.8 Å². The highest BCUT2D eigenvalue weighted by atomic mass is 127. The Hall–Kier alpha value is -1.34. The lowest BCUT2D eigenvalue weighted by atomic mass is 9.80. The smallest absolute Gasteiger partial charge is 0.255 e. The minimum Gasteiger partial charge on any atom is -0.397 e. The van der Waals surface area contributed by atoms with Crippen LogP contribution in [0.1, 0.15) is 48.0 Å². The van der Waals surface area contributed by atoms with Crippen LogP contribution in [-0.4, -0.2) is 40.9 Å². The van der Waals surface area contributed by atoms with Crippen molar-refractivity contribution in [2.24, 2.45) is 0 Å². The number of nitrogens with two attached hydrogens (primary N) is 1. The summed E-state index contributed by atoms with van der Waals surface area (Å²) >= 11 is 2.25. The summed E-state index contributed by atoms with van der Waals surface area (Å²) in [6.45, 7) is 0.719. The third kappa shape index (κ3) is 2.39. The third-order valence-electron chi connectivity index (χ3n) is 6.83. The molecule has 3 aliphatic rings. The number of fused-ring (bicyclic) bond motifs is 2. The minimum absolute atomic E-state index is 0.194. The summed E-state index contributed by atoms with van der Waals surface area (Å²) < 4.78 is 0.970. The van der Waals surface area contributed by atoms with E-state index >= 15 is 0 Å². The molecule has 3 heterocycles. The SMILES string of the molecule is CN1[C@@H]2CCC[C@H]1C[C@@H](N1Cc3cccc4c(N)c(I)cc(c34)C1=O)C2. The molecule has 26 heavy (non-hydrogen) atoms. The maximum absolute atomic E-state index is 13.4. The summed E-state index contributed by atoms with van der Waals surface area (Å²) in [5, 5.41) is 2.09. The van der Waals surface area contributed by atoms with E-state index in [0.717, 1.165) is 45.0 Å². The number of anilines is 1. The van der Waals surface area contributed by atoms with Crippen molar-refractivity contribution in [3.05, 3.63) is 39.0 Å². The Morgan fingerprint density at radius 3 is 2.62 bits per heavy atom. The van der Waals surface area contributed by atoms with Gasteiger partial charge in [0.05, 0.1) is 5.69 Å². The van der Waals surface area contributed by atoms with Crippen molar-refractivity contribution in [3.63, 3.8) is 0 Å². The molecule has 2 fully saturated rings. The highest BCUT2D eigenvalue weighted by Crippen LogP contribution is 2.40. The first kappa shape index (κ1) is 16.8. The molecule has 1 amide bonds. The second-order valence-electron chi connectivity index (χ2n) is 8.12. The van der Waals surface area contributed by atoms with Crippen LogP contribution in [0.3, 0.4) is 0 Å². The van der Waals surface area contributed by atoms with Crippen LogP contribution in [0.25, 0.3) is 10.8 Å². The molecule has 0 aromatic heterocycles. The van der Waals surface area contributed by atoms with Gasteiger partial charge in [0.1, 0.15) is 0 Å². The lowest BCUT2D eigenvalue weighted by Crippen LogP contribution is -2.56. The number of amides is 1. The summed E-state index contributed by atoms with van der Waals surface area (Å²) in [4.78, 5) is 18.2. The lowest BCUT2D eigenvalue weighted by molar-refractivity contribution is 0.00749. The Morgan fingerprint density at radius 2 is 1.88 bits per heavy atom. The Kier molecular flexibility index (Phi) is 3.94. The fourth-order valence-corrected chi connectivity index (χ4v) is 6.00. The molecular formula is C21H24IN3O. The zero-order valence-electron chi connectivity index (χ0n) is 15.0. The molecular weight excluding hydrogens is 437 g/mol. The molecule has 136 valence electrons. The van der Waals surface area contributed by atoms with Crippen molar-refractivity contribution < 1.29 is 4.79 Å². The van der Waals surface area contributed by atoms with Gasteiger partial charge < -0.3 is 15.5 Å². The van der Waals surface area contributed by atoms with Crippen LogP contribution in [0.15, 0.2) is 24.3 Å². The molecule has 0 radical (unpaired) electrons. The predicted octanol–water partition coefficient (Wildman–Crippen LogP) is 4.00. The number of carbonyl (C=O) groups excluding carboxylic acids is 1. The van der Waals surface area contributed by atoms with Crippen molar-refractivity contribution >= 4 is 45.0 Å². The van der Waals surface area contributed by atoms with E-state index in [0.29, 0.717) is 18.1 Å². The monoisotopic (exact) mass is 461 g/mol. The van der Waals surface area contributed by atoms with E-state index in [1.807, 2.05) is 12.1 Å².